The van der Waals surface area contributed by atoms with Gasteiger partial charge in [-0.15, -0.1) is 0 Å². The lowest BCUT2D eigenvalue weighted by Crippen LogP contribution is -2.00. The van der Waals surface area contributed by atoms with Gasteiger partial charge in [0.2, 0.25) is 5.82 Å². The molecular weight excluding hydrogens is 408 g/mol. The topological polar surface area (TPSA) is 98.9 Å². The van der Waals surface area contributed by atoms with E-state index in [4.69, 9.17) is 9.47 Å². The minimum Gasteiger partial charge on any atom is -0.493 e. The minimum absolute atomic E-state index is 0.0655. The largest absolute Gasteiger partial charge is 0.493 e. The van der Waals surface area contributed by atoms with E-state index in [1.807, 2.05) is 30.3 Å². The monoisotopic (exact) mass is 428 g/mol. The van der Waals surface area contributed by atoms with Gasteiger partial charge in [0.25, 0.3) is 0 Å². The second-order valence-electron chi connectivity index (χ2n) is 6.84. The van der Waals surface area contributed by atoms with Crippen molar-refractivity contribution in [2.24, 2.45) is 5.10 Å². The summed E-state index contributed by atoms with van der Waals surface area (Å²) in [4.78, 5) is 14.5. The molecule has 4 aromatic rings. The second-order valence-corrected chi connectivity index (χ2v) is 6.84. The van der Waals surface area contributed by atoms with Gasteiger partial charge in [0.1, 0.15) is 6.61 Å². The average molecular weight is 428 g/mol. The molecule has 0 amide bonds. The third-order valence-corrected chi connectivity index (χ3v) is 4.82. The van der Waals surface area contributed by atoms with E-state index in [9.17, 15) is 10.1 Å². The van der Waals surface area contributed by atoms with Crippen LogP contribution < -0.4 is 14.9 Å². The second kappa shape index (κ2) is 9.57. The van der Waals surface area contributed by atoms with Gasteiger partial charge in [-0.2, -0.15) is 5.10 Å². The number of rotatable bonds is 8. The van der Waals surface area contributed by atoms with Crippen LogP contribution in [0.2, 0.25) is 0 Å². The molecule has 0 bridgehead atoms. The number of fused-ring (bicyclic) bond motifs is 1. The summed E-state index contributed by atoms with van der Waals surface area (Å²) in [5, 5.41) is 17.4. The van der Waals surface area contributed by atoms with Gasteiger partial charge in [0.15, 0.2) is 11.5 Å². The maximum absolute atomic E-state index is 11.1. The number of nitrogens with one attached hydrogen (secondary N) is 1. The van der Waals surface area contributed by atoms with Crippen LogP contribution >= 0.6 is 0 Å². The van der Waals surface area contributed by atoms with E-state index >= 15 is 0 Å². The fourth-order valence-corrected chi connectivity index (χ4v) is 3.26. The minimum atomic E-state index is -0.518. The molecule has 0 aliphatic heterocycles. The number of ether oxygens (including phenoxy) is 2. The van der Waals surface area contributed by atoms with Crippen LogP contribution in [0.5, 0.6) is 11.5 Å². The molecule has 8 heteroatoms. The zero-order chi connectivity index (χ0) is 22.3. The van der Waals surface area contributed by atoms with Gasteiger partial charge in [0, 0.05) is 12.3 Å². The average Bonchev–Trinajstić information content (AvgIpc) is 2.83. The van der Waals surface area contributed by atoms with Gasteiger partial charge in [-0.3, -0.25) is 15.5 Å². The lowest BCUT2D eigenvalue weighted by Gasteiger charge is -2.12. The molecule has 0 fully saturated rings. The molecule has 0 aliphatic carbocycles. The number of nitro groups is 1. The summed E-state index contributed by atoms with van der Waals surface area (Å²) in [6.45, 7) is 0.399. The molecule has 3 aromatic carbocycles. The Labute approximate surface area is 184 Å². The highest BCUT2D eigenvalue weighted by atomic mass is 16.6. The SMILES string of the molecule is COc1cc(/C=N\Nc2ncccc2[N+](=O)[O-])ccc1OCc1cccc2ccccc12. The van der Waals surface area contributed by atoms with Crippen LogP contribution in [0.25, 0.3) is 10.8 Å². The van der Waals surface area contributed by atoms with Crippen molar-refractivity contribution >= 4 is 28.5 Å². The summed E-state index contributed by atoms with van der Waals surface area (Å²) >= 11 is 0. The van der Waals surface area contributed by atoms with Crippen LogP contribution in [0.15, 0.2) is 84.1 Å². The van der Waals surface area contributed by atoms with E-state index in [1.54, 1.807) is 19.2 Å². The van der Waals surface area contributed by atoms with Crippen molar-refractivity contribution in [1.82, 2.24) is 4.98 Å². The molecule has 1 N–H and O–H groups in total. The molecule has 0 saturated carbocycles. The zero-order valence-corrected chi connectivity index (χ0v) is 17.3. The Morgan fingerprint density at radius 1 is 1.06 bits per heavy atom. The van der Waals surface area contributed by atoms with E-state index in [0.29, 0.717) is 18.1 Å². The highest BCUT2D eigenvalue weighted by Gasteiger charge is 2.13. The lowest BCUT2D eigenvalue weighted by molar-refractivity contribution is -0.384. The Kier molecular flexibility index (Phi) is 6.22. The van der Waals surface area contributed by atoms with Crippen LogP contribution in [0.4, 0.5) is 11.5 Å². The van der Waals surface area contributed by atoms with E-state index in [0.717, 1.165) is 21.9 Å². The summed E-state index contributed by atoms with van der Waals surface area (Å²) in [7, 11) is 1.57. The van der Waals surface area contributed by atoms with Crippen LogP contribution in [-0.2, 0) is 6.61 Å². The number of pyridine rings is 1. The molecule has 0 radical (unpaired) electrons. The molecule has 0 spiro atoms. The van der Waals surface area contributed by atoms with Crippen molar-refractivity contribution < 1.29 is 14.4 Å². The Morgan fingerprint density at radius 2 is 1.91 bits per heavy atom. The van der Waals surface area contributed by atoms with Gasteiger partial charge in [-0.05, 0) is 46.2 Å². The normalized spacial score (nSPS) is 10.9. The van der Waals surface area contributed by atoms with Gasteiger partial charge >= 0.3 is 5.69 Å². The number of hydrogen-bond acceptors (Lipinski definition) is 7. The number of methoxy groups -OCH3 is 1. The third kappa shape index (κ3) is 4.65. The maximum atomic E-state index is 11.1. The fraction of sp³-hybridized carbons (Fsp3) is 0.0833. The zero-order valence-electron chi connectivity index (χ0n) is 17.3. The molecule has 1 aromatic heterocycles. The fourth-order valence-electron chi connectivity index (χ4n) is 3.26. The van der Waals surface area contributed by atoms with Crippen molar-refractivity contribution in [3.63, 3.8) is 0 Å². The quantitative estimate of drug-likeness (QED) is 0.236. The standard InChI is InChI=1S/C24H20N4O4/c1-31-23-14-17(15-26-27-24-21(28(29)30)10-5-13-25-24)11-12-22(23)32-16-19-8-4-7-18-6-2-3-9-20(18)19/h2-15H,16H2,1H3,(H,25,27)/b26-15-. The first-order chi connectivity index (χ1) is 15.7. The first kappa shape index (κ1) is 20.8. The van der Waals surface area contributed by atoms with Gasteiger partial charge in [-0.25, -0.2) is 4.98 Å². The molecule has 8 nitrogen and oxygen atoms in total. The number of hydrogen-bond donors (Lipinski definition) is 1. The summed E-state index contributed by atoms with van der Waals surface area (Å²) in [5.41, 5.74) is 4.26. The van der Waals surface area contributed by atoms with E-state index < -0.39 is 4.92 Å². The number of anilines is 1. The Morgan fingerprint density at radius 3 is 2.75 bits per heavy atom. The molecule has 4 rings (SSSR count). The van der Waals surface area contributed by atoms with Crippen LogP contribution in [0.1, 0.15) is 11.1 Å². The lowest BCUT2D eigenvalue weighted by atomic mass is 10.1. The predicted molar refractivity (Wildman–Crippen MR) is 123 cm³/mol. The number of aromatic nitrogens is 1. The van der Waals surface area contributed by atoms with Gasteiger partial charge in [0.05, 0.1) is 18.2 Å². The van der Waals surface area contributed by atoms with Crippen molar-refractivity contribution in [2.45, 2.75) is 6.61 Å². The molecule has 0 unspecified atom stereocenters. The molecule has 0 aliphatic rings. The maximum Gasteiger partial charge on any atom is 0.313 e. The smallest absolute Gasteiger partial charge is 0.313 e. The number of nitrogens with zero attached hydrogens (tertiary/aromatic N) is 3. The Balaban J connectivity index is 1.47. The summed E-state index contributed by atoms with van der Waals surface area (Å²) < 4.78 is 11.5. The molecule has 160 valence electrons. The molecular formula is C24H20N4O4. The third-order valence-electron chi connectivity index (χ3n) is 4.82. The highest BCUT2D eigenvalue weighted by Crippen LogP contribution is 2.29. The molecule has 0 atom stereocenters. The summed E-state index contributed by atoms with van der Waals surface area (Å²) in [6.07, 6.45) is 2.98. The Hall–Kier alpha value is -4.46. The van der Waals surface area contributed by atoms with Crippen molar-refractivity contribution in [3.8, 4) is 11.5 Å². The van der Waals surface area contributed by atoms with Crippen molar-refractivity contribution in [1.29, 1.82) is 0 Å². The molecule has 32 heavy (non-hydrogen) atoms. The first-order valence-electron chi connectivity index (χ1n) is 9.81. The van der Waals surface area contributed by atoms with E-state index in [1.165, 1.54) is 24.5 Å². The summed E-state index contributed by atoms with van der Waals surface area (Å²) in [5.74, 6) is 1.22. The Bertz CT molecular complexity index is 1280. The van der Waals surface area contributed by atoms with E-state index in [-0.39, 0.29) is 11.5 Å². The molecule has 0 saturated heterocycles. The van der Waals surface area contributed by atoms with Crippen LogP contribution in [0, 0.1) is 10.1 Å². The first-order valence-corrected chi connectivity index (χ1v) is 9.81. The van der Waals surface area contributed by atoms with Crippen LogP contribution in [0.3, 0.4) is 0 Å². The van der Waals surface area contributed by atoms with Gasteiger partial charge in [-0.1, -0.05) is 42.5 Å². The van der Waals surface area contributed by atoms with Crippen LogP contribution in [-0.4, -0.2) is 23.2 Å². The molecule has 1 heterocycles. The number of hydrazone groups is 1. The van der Waals surface area contributed by atoms with E-state index in [2.05, 4.69) is 33.7 Å². The highest BCUT2D eigenvalue weighted by molar-refractivity contribution is 5.85. The predicted octanol–water partition coefficient (Wildman–Crippen LogP) is 5.18. The summed E-state index contributed by atoms with van der Waals surface area (Å²) in [6, 6.07) is 22.5. The number of benzene rings is 3. The van der Waals surface area contributed by atoms with Crippen molar-refractivity contribution in [2.75, 3.05) is 12.5 Å². The van der Waals surface area contributed by atoms with Gasteiger partial charge < -0.3 is 9.47 Å². The van der Waals surface area contributed by atoms with Crippen molar-refractivity contribution in [3.05, 3.63) is 100 Å².